The van der Waals surface area contributed by atoms with Crippen molar-refractivity contribution >= 4 is 11.8 Å². The molecule has 8 nitrogen and oxygen atoms in total. The molecule has 8 heteroatoms. The van der Waals surface area contributed by atoms with Crippen molar-refractivity contribution in [1.82, 2.24) is 20.3 Å². The van der Waals surface area contributed by atoms with Crippen molar-refractivity contribution in [3.63, 3.8) is 0 Å². The van der Waals surface area contributed by atoms with Crippen molar-refractivity contribution < 1.29 is 9.26 Å². The van der Waals surface area contributed by atoms with Crippen LogP contribution in [0.15, 0.2) is 16.7 Å². The number of ether oxygens (including phenoxy) is 1. The Kier molecular flexibility index (Phi) is 4.66. The maximum Gasteiger partial charge on any atom is 0.321 e. The minimum absolute atomic E-state index is 0.0265. The number of nitrogens with zero attached hydrogens (tertiary/aromatic N) is 5. The third kappa shape index (κ3) is 3.81. The number of aromatic nitrogens is 4. The van der Waals surface area contributed by atoms with Gasteiger partial charge in [0, 0.05) is 38.1 Å². The number of nitrogens with one attached hydrogen (secondary N) is 1. The second-order valence-corrected chi connectivity index (χ2v) is 7.13. The first kappa shape index (κ1) is 16.6. The minimum atomic E-state index is 0.0265. The summed E-state index contributed by atoms with van der Waals surface area (Å²) in [6.45, 7) is 9.43. The lowest BCUT2D eigenvalue weighted by atomic mass is 9.92. The number of anilines is 2. The van der Waals surface area contributed by atoms with E-state index in [0.29, 0.717) is 24.4 Å². The molecule has 2 aromatic rings. The molecule has 0 saturated carbocycles. The molecule has 0 spiro atoms. The van der Waals surface area contributed by atoms with Gasteiger partial charge in [0.05, 0.1) is 5.69 Å². The summed E-state index contributed by atoms with van der Waals surface area (Å²) in [5.74, 6) is 2.00. The largest absolute Gasteiger partial charge is 0.377 e. The summed E-state index contributed by atoms with van der Waals surface area (Å²) in [5, 5.41) is 15.7. The van der Waals surface area contributed by atoms with Gasteiger partial charge in [-0.1, -0.05) is 25.9 Å². The van der Waals surface area contributed by atoms with Crippen LogP contribution in [0.3, 0.4) is 0 Å². The molecule has 0 amide bonds. The van der Waals surface area contributed by atoms with Crippen molar-refractivity contribution in [3.8, 4) is 0 Å². The quantitative estimate of drug-likeness (QED) is 0.857. The van der Waals surface area contributed by atoms with E-state index >= 15 is 0 Å². The van der Waals surface area contributed by atoms with E-state index < -0.39 is 0 Å². The number of rotatable bonds is 6. The fourth-order valence-corrected chi connectivity index (χ4v) is 2.53. The van der Waals surface area contributed by atoms with Gasteiger partial charge in [-0.3, -0.25) is 0 Å². The molecular weight excluding hydrogens is 308 g/mol. The fourth-order valence-electron chi connectivity index (χ4n) is 2.53. The zero-order valence-corrected chi connectivity index (χ0v) is 14.6. The standard InChI is InChI=1S/C16H24N6O2/c1-16(2,3)12-5-6-14(20-19-12)22-8-11(9-22)7-17-15-18-13(10-23-4)21-24-15/h5-6,11H,7-10H2,1-4H3,(H,17,18,21). The number of hydrogen-bond donors (Lipinski definition) is 1. The first-order valence-electron chi connectivity index (χ1n) is 8.10. The molecular formula is C16H24N6O2. The van der Waals surface area contributed by atoms with Crippen molar-refractivity contribution in [2.24, 2.45) is 5.92 Å². The van der Waals surface area contributed by atoms with Crippen LogP contribution in [0.5, 0.6) is 0 Å². The molecule has 0 unspecified atom stereocenters. The fraction of sp³-hybridized carbons (Fsp3) is 0.625. The van der Waals surface area contributed by atoms with Gasteiger partial charge in [-0.25, -0.2) is 0 Å². The Balaban J connectivity index is 1.45. The lowest BCUT2D eigenvalue weighted by Crippen LogP contribution is -2.50. The van der Waals surface area contributed by atoms with Crippen molar-refractivity contribution in [2.75, 3.05) is 37.0 Å². The van der Waals surface area contributed by atoms with Crippen LogP contribution in [-0.2, 0) is 16.8 Å². The second kappa shape index (κ2) is 6.72. The molecule has 0 aromatic carbocycles. The van der Waals surface area contributed by atoms with E-state index in [9.17, 15) is 0 Å². The van der Waals surface area contributed by atoms with Crippen molar-refractivity contribution in [1.29, 1.82) is 0 Å². The Morgan fingerprint density at radius 2 is 2.08 bits per heavy atom. The van der Waals surface area contributed by atoms with Gasteiger partial charge in [-0.05, 0) is 12.1 Å². The summed E-state index contributed by atoms with van der Waals surface area (Å²) in [6.07, 6.45) is 0. The third-order valence-electron chi connectivity index (χ3n) is 3.98. The molecule has 1 fully saturated rings. The van der Waals surface area contributed by atoms with Gasteiger partial charge < -0.3 is 19.5 Å². The average molecular weight is 332 g/mol. The maximum atomic E-state index is 5.10. The highest BCUT2D eigenvalue weighted by atomic mass is 16.5. The molecule has 3 heterocycles. The van der Waals surface area contributed by atoms with Gasteiger partial charge in [0.1, 0.15) is 6.61 Å². The molecule has 0 atom stereocenters. The lowest BCUT2D eigenvalue weighted by molar-refractivity contribution is 0.174. The zero-order chi connectivity index (χ0) is 17.2. The van der Waals surface area contributed by atoms with Crippen LogP contribution in [-0.4, -0.2) is 47.1 Å². The summed E-state index contributed by atoms with van der Waals surface area (Å²) in [5.41, 5.74) is 1.03. The van der Waals surface area contributed by atoms with Gasteiger partial charge in [0.2, 0.25) is 0 Å². The van der Waals surface area contributed by atoms with Gasteiger partial charge in [0.15, 0.2) is 11.6 Å². The second-order valence-electron chi connectivity index (χ2n) is 7.13. The lowest BCUT2D eigenvalue weighted by Gasteiger charge is -2.39. The predicted molar refractivity (Wildman–Crippen MR) is 89.9 cm³/mol. The molecule has 130 valence electrons. The maximum absolute atomic E-state index is 5.10. The van der Waals surface area contributed by atoms with Crippen LogP contribution in [0, 0.1) is 5.92 Å². The Morgan fingerprint density at radius 3 is 2.71 bits per heavy atom. The zero-order valence-electron chi connectivity index (χ0n) is 14.6. The van der Waals surface area contributed by atoms with Crippen LogP contribution < -0.4 is 10.2 Å². The topological polar surface area (TPSA) is 89.2 Å². The summed E-state index contributed by atoms with van der Waals surface area (Å²) < 4.78 is 10.1. The minimum Gasteiger partial charge on any atom is -0.377 e. The third-order valence-corrected chi connectivity index (χ3v) is 3.98. The molecule has 1 aliphatic rings. The summed E-state index contributed by atoms with van der Waals surface area (Å²) in [4.78, 5) is 6.41. The summed E-state index contributed by atoms with van der Waals surface area (Å²) >= 11 is 0. The van der Waals surface area contributed by atoms with E-state index in [1.807, 2.05) is 6.07 Å². The highest BCUT2D eigenvalue weighted by molar-refractivity contribution is 5.41. The first-order valence-corrected chi connectivity index (χ1v) is 8.10. The van der Waals surface area contributed by atoms with Gasteiger partial charge in [-0.2, -0.15) is 10.1 Å². The predicted octanol–water partition coefficient (Wildman–Crippen LogP) is 1.85. The molecule has 1 saturated heterocycles. The van der Waals surface area contributed by atoms with E-state index in [1.54, 1.807) is 7.11 Å². The van der Waals surface area contributed by atoms with Crippen LogP contribution in [0.2, 0.25) is 0 Å². The van der Waals surface area contributed by atoms with E-state index in [4.69, 9.17) is 9.26 Å². The molecule has 1 N–H and O–H groups in total. The molecule has 3 rings (SSSR count). The van der Waals surface area contributed by atoms with Gasteiger partial charge in [0.25, 0.3) is 0 Å². The van der Waals surface area contributed by atoms with E-state index in [-0.39, 0.29) is 5.41 Å². The Labute approximate surface area is 141 Å². The molecule has 1 aliphatic heterocycles. The van der Waals surface area contributed by atoms with Crippen LogP contribution in [0.4, 0.5) is 11.8 Å². The smallest absolute Gasteiger partial charge is 0.321 e. The normalized spacial score (nSPS) is 15.4. The summed E-state index contributed by atoms with van der Waals surface area (Å²) in [7, 11) is 1.60. The monoisotopic (exact) mass is 332 g/mol. The van der Waals surface area contributed by atoms with Crippen molar-refractivity contribution in [3.05, 3.63) is 23.7 Å². The van der Waals surface area contributed by atoms with Crippen LogP contribution in [0.1, 0.15) is 32.3 Å². The first-order chi connectivity index (χ1) is 11.5. The highest BCUT2D eigenvalue weighted by Crippen LogP contribution is 2.25. The van der Waals surface area contributed by atoms with Gasteiger partial charge in [-0.15, -0.1) is 5.10 Å². The molecule has 0 aliphatic carbocycles. The highest BCUT2D eigenvalue weighted by Gasteiger charge is 2.28. The molecule has 0 bridgehead atoms. The average Bonchev–Trinajstić information content (AvgIpc) is 2.93. The van der Waals surface area contributed by atoms with E-state index in [1.165, 1.54) is 0 Å². The SMILES string of the molecule is COCc1noc(NCC2CN(c3ccc(C(C)(C)C)nn3)C2)n1. The van der Waals surface area contributed by atoms with E-state index in [0.717, 1.165) is 31.1 Å². The van der Waals surface area contributed by atoms with Crippen LogP contribution in [0.25, 0.3) is 0 Å². The van der Waals surface area contributed by atoms with Crippen LogP contribution >= 0.6 is 0 Å². The number of methoxy groups -OCH3 is 1. The molecule has 0 radical (unpaired) electrons. The number of hydrogen-bond acceptors (Lipinski definition) is 8. The molecule has 2 aromatic heterocycles. The van der Waals surface area contributed by atoms with Crippen molar-refractivity contribution in [2.45, 2.75) is 32.8 Å². The Bertz CT molecular complexity index is 658. The summed E-state index contributed by atoms with van der Waals surface area (Å²) in [6, 6.07) is 4.55. The Morgan fingerprint density at radius 1 is 1.29 bits per heavy atom. The Hall–Kier alpha value is -2.22. The van der Waals surface area contributed by atoms with Gasteiger partial charge >= 0.3 is 6.01 Å². The molecule has 24 heavy (non-hydrogen) atoms. The van der Waals surface area contributed by atoms with E-state index in [2.05, 4.69) is 57.4 Å².